The zero-order valence-corrected chi connectivity index (χ0v) is 17.0. The Bertz CT molecular complexity index is 953. The van der Waals surface area contributed by atoms with Crippen molar-refractivity contribution in [3.05, 3.63) is 50.6 Å². The van der Waals surface area contributed by atoms with Gasteiger partial charge in [0.1, 0.15) is 10.8 Å². The summed E-state index contributed by atoms with van der Waals surface area (Å²) in [6.45, 7) is 5.59. The van der Waals surface area contributed by atoms with Gasteiger partial charge in [0.25, 0.3) is 5.91 Å². The fraction of sp³-hybridized carbons (Fsp3) is 0.316. The van der Waals surface area contributed by atoms with Crippen LogP contribution in [0.25, 0.3) is 0 Å². The average molecular weight is 425 g/mol. The third kappa shape index (κ3) is 3.88. The summed E-state index contributed by atoms with van der Waals surface area (Å²) >= 11 is 7.32. The molecule has 2 heterocycles. The summed E-state index contributed by atoms with van der Waals surface area (Å²) in [5.74, 6) is -1.52. The Morgan fingerprint density at radius 1 is 1.43 bits per heavy atom. The quantitative estimate of drug-likeness (QED) is 0.718. The lowest BCUT2D eigenvalue weighted by Gasteiger charge is -2.10. The Kier molecular flexibility index (Phi) is 6.00. The first-order valence-electron chi connectivity index (χ1n) is 8.58. The van der Waals surface area contributed by atoms with Crippen LogP contribution in [0.1, 0.15) is 39.7 Å². The van der Waals surface area contributed by atoms with Crippen molar-refractivity contribution < 1.29 is 23.6 Å². The number of thiophene rings is 1. The number of oxime groups is 1. The minimum Gasteiger partial charge on any atom is -0.462 e. The number of anilines is 1. The molecule has 148 valence electrons. The molecule has 2 aromatic rings. The highest BCUT2D eigenvalue weighted by atomic mass is 35.5. The second-order valence-corrected chi connectivity index (χ2v) is 7.76. The van der Waals surface area contributed by atoms with E-state index in [1.54, 1.807) is 19.9 Å². The zero-order valence-electron chi connectivity index (χ0n) is 15.5. The predicted molar refractivity (Wildman–Crippen MR) is 106 cm³/mol. The SMILES string of the molecule is CCOC(=O)c1c(NC(=O)C2CC(c3c(F)cccc3Cl)=NO2)sc(C)c1C. The van der Waals surface area contributed by atoms with Gasteiger partial charge in [0.15, 0.2) is 0 Å². The Morgan fingerprint density at radius 3 is 2.86 bits per heavy atom. The Morgan fingerprint density at radius 2 is 2.18 bits per heavy atom. The summed E-state index contributed by atoms with van der Waals surface area (Å²) < 4.78 is 19.1. The molecule has 0 saturated carbocycles. The lowest BCUT2D eigenvalue weighted by atomic mass is 10.0. The smallest absolute Gasteiger partial charge is 0.341 e. The number of carbonyl (C=O) groups is 2. The number of ether oxygens (including phenoxy) is 1. The molecule has 0 spiro atoms. The first-order chi connectivity index (χ1) is 13.3. The van der Waals surface area contributed by atoms with Crippen molar-refractivity contribution in [2.45, 2.75) is 33.3 Å². The number of rotatable bonds is 5. The van der Waals surface area contributed by atoms with Gasteiger partial charge in [-0.15, -0.1) is 11.3 Å². The second-order valence-electron chi connectivity index (χ2n) is 6.13. The van der Waals surface area contributed by atoms with Crippen LogP contribution in [0.15, 0.2) is 23.4 Å². The molecule has 1 aliphatic rings. The molecule has 1 aliphatic heterocycles. The minimum atomic E-state index is -0.955. The van der Waals surface area contributed by atoms with Crippen LogP contribution in [0, 0.1) is 19.7 Å². The monoisotopic (exact) mass is 424 g/mol. The fourth-order valence-electron chi connectivity index (χ4n) is 2.80. The fourth-order valence-corrected chi connectivity index (χ4v) is 4.12. The highest BCUT2D eigenvalue weighted by Crippen LogP contribution is 2.34. The number of carbonyl (C=O) groups excluding carboxylic acids is 2. The largest absolute Gasteiger partial charge is 0.462 e. The van der Waals surface area contributed by atoms with Crippen LogP contribution in [-0.4, -0.2) is 30.3 Å². The van der Waals surface area contributed by atoms with E-state index in [4.69, 9.17) is 21.2 Å². The maximum atomic E-state index is 14.1. The summed E-state index contributed by atoms with van der Waals surface area (Å²) in [4.78, 5) is 30.9. The van der Waals surface area contributed by atoms with E-state index < -0.39 is 23.8 Å². The lowest BCUT2D eigenvalue weighted by molar-refractivity contribution is -0.125. The van der Waals surface area contributed by atoms with Crippen LogP contribution < -0.4 is 5.32 Å². The molecule has 1 aromatic heterocycles. The normalized spacial score (nSPS) is 15.8. The number of halogens is 2. The maximum Gasteiger partial charge on any atom is 0.341 e. The molecule has 28 heavy (non-hydrogen) atoms. The average Bonchev–Trinajstić information content (AvgIpc) is 3.21. The van der Waals surface area contributed by atoms with E-state index in [2.05, 4.69) is 10.5 Å². The van der Waals surface area contributed by atoms with E-state index in [9.17, 15) is 14.0 Å². The molecule has 0 saturated heterocycles. The van der Waals surface area contributed by atoms with Crippen molar-refractivity contribution in [2.24, 2.45) is 5.16 Å². The molecule has 1 atom stereocenters. The van der Waals surface area contributed by atoms with E-state index in [0.717, 1.165) is 10.4 Å². The minimum absolute atomic E-state index is 0.0601. The van der Waals surface area contributed by atoms with Crippen LogP contribution >= 0.6 is 22.9 Å². The second kappa shape index (κ2) is 8.28. The van der Waals surface area contributed by atoms with Gasteiger partial charge in [-0.3, -0.25) is 4.79 Å². The van der Waals surface area contributed by atoms with Gasteiger partial charge in [0.2, 0.25) is 6.10 Å². The Labute approximate surface area is 170 Å². The predicted octanol–water partition coefficient (Wildman–Crippen LogP) is 4.47. The van der Waals surface area contributed by atoms with E-state index in [1.165, 1.54) is 23.5 Å². The van der Waals surface area contributed by atoms with Crippen molar-refractivity contribution in [1.82, 2.24) is 0 Å². The van der Waals surface area contributed by atoms with Crippen molar-refractivity contribution in [3.63, 3.8) is 0 Å². The molecule has 1 aromatic carbocycles. The van der Waals surface area contributed by atoms with E-state index in [0.29, 0.717) is 10.6 Å². The van der Waals surface area contributed by atoms with E-state index in [-0.39, 0.29) is 29.3 Å². The summed E-state index contributed by atoms with van der Waals surface area (Å²) in [6.07, 6.45) is -0.895. The number of benzene rings is 1. The summed E-state index contributed by atoms with van der Waals surface area (Å²) in [6, 6.07) is 4.29. The molecular weight excluding hydrogens is 407 g/mol. The highest BCUT2D eigenvalue weighted by Gasteiger charge is 2.32. The van der Waals surface area contributed by atoms with Gasteiger partial charge in [-0.25, -0.2) is 9.18 Å². The van der Waals surface area contributed by atoms with Crippen molar-refractivity contribution in [2.75, 3.05) is 11.9 Å². The number of aryl methyl sites for hydroxylation is 1. The molecule has 1 amide bonds. The summed E-state index contributed by atoms with van der Waals surface area (Å²) in [5, 5.41) is 7.11. The number of hydrogen-bond donors (Lipinski definition) is 1. The summed E-state index contributed by atoms with van der Waals surface area (Å²) in [5.41, 5.74) is 1.46. The first kappa shape index (κ1) is 20.3. The van der Waals surface area contributed by atoms with Crippen LogP contribution in [0.3, 0.4) is 0 Å². The van der Waals surface area contributed by atoms with E-state index in [1.807, 2.05) is 6.92 Å². The van der Waals surface area contributed by atoms with Crippen LogP contribution in [-0.2, 0) is 14.4 Å². The van der Waals surface area contributed by atoms with Crippen molar-refractivity contribution >= 4 is 45.5 Å². The molecule has 0 aliphatic carbocycles. The van der Waals surface area contributed by atoms with Crippen LogP contribution in [0.2, 0.25) is 5.02 Å². The van der Waals surface area contributed by atoms with Gasteiger partial charge in [-0.05, 0) is 38.5 Å². The standard InChI is InChI=1S/C19H18ClFN2O4S/c1-4-26-19(25)15-9(2)10(3)28-18(15)22-17(24)14-8-13(23-27-14)16-11(20)6-5-7-12(16)21/h5-7,14H,4,8H2,1-3H3,(H,22,24). The number of nitrogens with zero attached hydrogens (tertiary/aromatic N) is 1. The van der Waals surface area contributed by atoms with Crippen LogP contribution in [0.4, 0.5) is 9.39 Å². The Hall–Kier alpha value is -2.45. The molecule has 6 nitrogen and oxygen atoms in total. The molecular formula is C19H18ClFN2O4S. The van der Waals surface area contributed by atoms with Crippen LogP contribution in [0.5, 0.6) is 0 Å². The van der Waals surface area contributed by atoms with Gasteiger partial charge in [-0.1, -0.05) is 22.8 Å². The zero-order chi connectivity index (χ0) is 20.4. The van der Waals surface area contributed by atoms with Gasteiger partial charge in [-0.2, -0.15) is 0 Å². The topological polar surface area (TPSA) is 77.0 Å². The molecule has 1 unspecified atom stereocenters. The molecule has 3 rings (SSSR count). The lowest BCUT2D eigenvalue weighted by Crippen LogP contribution is -2.28. The number of nitrogens with one attached hydrogen (secondary N) is 1. The van der Waals surface area contributed by atoms with Gasteiger partial charge in [0, 0.05) is 11.3 Å². The Balaban J connectivity index is 1.76. The van der Waals surface area contributed by atoms with Crippen molar-refractivity contribution in [3.8, 4) is 0 Å². The maximum absolute atomic E-state index is 14.1. The first-order valence-corrected chi connectivity index (χ1v) is 9.78. The molecule has 0 radical (unpaired) electrons. The van der Waals surface area contributed by atoms with Crippen molar-refractivity contribution in [1.29, 1.82) is 0 Å². The number of hydrogen-bond acceptors (Lipinski definition) is 6. The number of amides is 1. The molecule has 9 heteroatoms. The number of esters is 1. The summed E-state index contributed by atoms with van der Waals surface area (Å²) in [7, 11) is 0. The molecule has 0 bridgehead atoms. The van der Waals surface area contributed by atoms with Gasteiger partial charge < -0.3 is 14.9 Å². The highest BCUT2D eigenvalue weighted by molar-refractivity contribution is 7.16. The third-order valence-corrected chi connectivity index (χ3v) is 5.75. The molecule has 0 fully saturated rings. The molecule has 1 N–H and O–H groups in total. The third-order valence-electron chi connectivity index (χ3n) is 4.31. The van der Waals surface area contributed by atoms with Gasteiger partial charge in [0.05, 0.1) is 28.5 Å². The van der Waals surface area contributed by atoms with Gasteiger partial charge >= 0.3 is 5.97 Å². The van der Waals surface area contributed by atoms with E-state index >= 15 is 0 Å².